The van der Waals surface area contributed by atoms with Crippen molar-refractivity contribution < 1.29 is 0 Å². The first kappa shape index (κ1) is 15.3. The Kier molecular flexibility index (Phi) is 4.05. The molecule has 2 heterocycles. The van der Waals surface area contributed by atoms with Gasteiger partial charge >= 0.3 is 0 Å². The van der Waals surface area contributed by atoms with E-state index in [9.17, 15) is 5.26 Å². The molecule has 0 bridgehead atoms. The van der Waals surface area contributed by atoms with E-state index in [0.29, 0.717) is 4.99 Å². The largest absolute Gasteiger partial charge is 0.372 e. The molecule has 3 aromatic rings. The van der Waals surface area contributed by atoms with Gasteiger partial charge in [-0.3, -0.25) is 0 Å². The van der Waals surface area contributed by atoms with Crippen LogP contribution in [0, 0.1) is 17.2 Å². The maximum Gasteiger partial charge on any atom is 0.104 e. The van der Waals surface area contributed by atoms with Crippen LogP contribution in [0.25, 0.3) is 10.8 Å². The number of fused-ring (bicyclic) bond motifs is 1. The van der Waals surface area contributed by atoms with Gasteiger partial charge in [0.15, 0.2) is 0 Å². The Labute approximate surface area is 150 Å². The van der Waals surface area contributed by atoms with Crippen LogP contribution in [-0.4, -0.2) is 4.99 Å². The van der Waals surface area contributed by atoms with E-state index in [0.717, 1.165) is 6.42 Å². The van der Waals surface area contributed by atoms with Gasteiger partial charge in [0.25, 0.3) is 0 Å². The number of nitrogens with one attached hydrogen (secondary N) is 1. The van der Waals surface area contributed by atoms with Gasteiger partial charge in [-0.05, 0) is 40.3 Å². The van der Waals surface area contributed by atoms with Crippen molar-refractivity contribution in [1.82, 2.24) is 5.32 Å². The average molecular weight is 348 g/mol. The summed E-state index contributed by atoms with van der Waals surface area (Å²) >= 11 is 7.23. The molecule has 1 aromatic heterocycles. The first-order valence-corrected chi connectivity index (χ1v) is 9.27. The fraction of sp³-hybridized carbons (Fsp3) is 0.200. The van der Waals surface area contributed by atoms with Crippen molar-refractivity contribution in [2.75, 3.05) is 0 Å². The van der Waals surface area contributed by atoms with E-state index in [1.165, 1.54) is 21.2 Å². The highest BCUT2D eigenvalue weighted by molar-refractivity contribution is 7.80. The van der Waals surface area contributed by atoms with E-state index in [2.05, 4.69) is 65.3 Å². The summed E-state index contributed by atoms with van der Waals surface area (Å²) in [6, 6.07) is 21.6. The molecule has 0 aliphatic carbocycles. The standard InChI is InChI=1S/C20H16N2S2/c21-12-17-16(19-6-3-9-24-19)11-18(22-20(17)23)15-8-7-13-4-1-2-5-14(13)10-15/h1-10,16-18H,11H2,(H,22,23). The summed E-state index contributed by atoms with van der Waals surface area (Å²) in [7, 11) is 0. The third kappa shape index (κ3) is 2.71. The lowest BCUT2D eigenvalue weighted by Gasteiger charge is -2.35. The topological polar surface area (TPSA) is 35.8 Å². The monoisotopic (exact) mass is 348 g/mol. The minimum absolute atomic E-state index is 0.152. The SMILES string of the molecule is N#CC1C(=S)NC(c2ccc3ccccc3c2)CC1c1cccs1. The van der Waals surface area contributed by atoms with Gasteiger partial charge in [0, 0.05) is 10.8 Å². The summed E-state index contributed by atoms with van der Waals surface area (Å²) in [5, 5.41) is 17.5. The number of nitrogens with zero attached hydrogens (tertiary/aromatic N) is 1. The van der Waals surface area contributed by atoms with Gasteiger partial charge < -0.3 is 5.32 Å². The molecular formula is C20H16N2S2. The molecule has 4 rings (SSSR count). The van der Waals surface area contributed by atoms with Crippen LogP contribution in [0.15, 0.2) is 60.0 Å². The highest BCUT2D eigenvalue weighted by atomic mass is 32.1. The Morgan fingerprint density at radius 3 is 2.67 bits per heavy atom. The molecule has 2 aromatic carbocycles. The van der Waals surface area contributed by atoms with Crippen LogP contribution in [0.5, 0.6) is 0 Å². The normalized spacial score (nSPS) is 23.6. The number of thiophene rings is 1. The molecule has 1 aliphatic rings. The number of nitriles is 1. The van der Waals surface area contributed by atoms with E-state index in [1.54, 1.807) is 11.3 Å². The molecule has 4 heteroatoms. The minimum atomic E-state index is -0.240. The molecule has 24 heavy (non-hydrogen) atoms. The Balaban J connectivity index is 1.70. The Morgan fingerprint density at radius 2 is 1.92 bits per heavy atom. The maximum atomic E-state index is 9.56. The van der Waals surface area contributed by atoms with Gasteiger partial charge in [-0.15, -0.1) is 11.3 Å². The summed E-state index contributed by atoms with van der Waals surface area (Å²) in [5.41, 5.74) is 1.23. The second-order valence-electron chi connectivity index (χ2n) is 6.13. The summed E-state index contributed by atoms with van der Waals surface area (Å²) in [6.45, 7) is 0. The van der Waals surface area contributed by atoms with Crippen LogP contribution in [0.3, 0.4) is 0 Å². The third-order valence-electron chi connectivity index (χ3n) is 4.71. The van der Waals surface area contributed by atoms with Crippen LogP contribution >= 0.6 is 23.6 Å². The van der Waals surface area contributed by atoms with Gasteiger partial charge in [0.05, 0.1) is 17.1 Å². The van der Waals surface area contributed by atoms with Crippen molar-refractivity contribution in [2.45, 2.75) is 18.4 Å². The number of rotatable bonds is 2. The molecule has 118 valence electrons. The second kappa shape index (κ2) is 6.35. The Hall–Kier alpha value is -2.22. The van der Waals surface area contributed by atoms with Gasteiger partial charge in [-0.25, -0.2) is 0 Å². The summed E-state index contributed by atoms with van der Waals surface area (Å²) < 4.78 is 0. The molecule has 1 aliphatic heterocycles. The van der Waals surface area contributed by atoms with Crippen LogP contribution in [0.1, 0.15) is 28.8 Å². The van der Waals surface area contributed by atoms with E-state index >= 15 is 0 Å². The van der Waals surface area contributed by atoms with Crippen molar-refractivity contribution in [3.63, 3.8) is 0 Å². The first-order valence-electron chi connectivity index (χ1n) is 7.98. The zero-order chi connectivity index (χ0) is 16.5. The lowest BCUT2D eigenvalue weighted by Crippen LogP contribution is -2.41. The second-order valence-corrected chi connectivity index (χ2v) is 7.55. The van der Waals surface area contributed by atoms with Gasteiger partial charge in [-0.2, -0.15) is 5.26 Å². The van der Waals surface area contributed by atoms with Crippen LogP contribution < -0.4 is 5.32 Å². The molecule has 0 radical (unpaired) electrons. The van der Waals surface area contributed by atoms with Crippen molar-refractivity contribution >= 4 is 39.3 Å². The smallest absolute Gasteiger partial charge is 0.104 e. The molecule has 1 saturated heterocycles. The molecule has 0 spiro atoms. The molecule has 1 fully saturated rings. The molecule has 3 unspecified atom stereocenters. The Bertz CT molecular complexity index is 924. The predicted molar refractivity (Wildman–Crippen MR) is 103 cm³/mol. The fourth-order valence-corrected chi connectivity index (χ4v) is 4.71. The molecule has 0 amide bonds. The number of thiocarbonyl (C=S) groups is 1. The molecule has 1 N–H and O–H groups in total. The number of hydrogen-bond acceptors (Lipinski definition) is 3. The first-order chi connectivity index (χ1) is 11.8. The fourth-order valence-electron chi connectivity index (χ4n) is 3.47. The van der Waals surface area contributed by atoms with Crippen molar-refractivity contribution in [1.29, 1.82) is 5.26 Å². The predicted octanol–water partition coefficient (Wildman–Crippen LogP) is 5.19. The molecular weight excluding hydrogens is 332 g/mol. The zero-order valence-corrected chi connectivity index (χ0v) is 14.6. The van der Waals surface area contributed by atoms with Crippen molar-refractivity contribution in [3.8, 4) is 6.07 Å². The van der Waals surface area contributed by atoms with Crippen LogP contribution in [0.2, 0.25) is 0 Å². The van der Waals surface area contributed by atoms with E-state index in [-0.39, 0.29) is 17.9 Å². The maximum absolute atomic E-state index is 9.56. The van der Waals surface area contributed by atoms with E-state index < -0.39 is 0 Å². The van der Waals surface area contributed by atoms with E-state index in [1.807, 2.05) is 6.07 Å². The molecule has 0 saturated carbocycles. The number of benzene rings is 2. The summed E-state index contributed by atoms with van der Waals surface area (Å²) in [6.07, 6.45) is 0.886. The van der Waals surface area contributed by atoms with Gasteiger partial charge in [0.2, 0.25) is 0 Å². The summed E-state index contributed by atoms with van der Waals surface area (Å²) in [4.78, 5) is 1.91. The van der Waals surface area contributed by atoms with Crippen molar-refractivity contribution in [3.05, 3.63) is 70.4 Å². The minimum Gasteiger partial charge on any atom is -0.372 e. The quantitative estimate of drug-likeness (QED) is 0.648. The number of hydrogen-bond donors (Lipinski definition) is 1. The van der Waals surface area contributed by atoms with Crippen LogP contribution in [0.4, 0.5) is 0 Å². The lowest BCUT2D eigenvalue weighted by molar-refractivity contribution is 0.442. The summed E-state index contributed by atoms with van der Waals surface area (Å²) in [5.74, 6) is -0.0735. The van der Waals surface area contributed by atoms with Crippen molar-refractivity contribution in [2.24, 2.45) is 5.92 Å². The van der Waals surface area contributed by atoms with Crippen LogP contribution in [-0.2, 0) is 0 Å². The lowest BCUT2D eigenvalue weighted by atomic mass is 9.80. The average Bonchev–Trinajstić information content (AvgIpc) is 3.15. The Morgan fingerprint density at radius 1 is 1.08 bits per heavy atom. The highest BCUT2D eigenvalue weighted by Crippen LogP contribution is 2.40. The molecule has 3 atom stereocenters. The number of piperidine rings is 1. The van der Waals surface area contributed by atoms with E-state index in [4.69, 9.17) is 12.2 Å². The van der Waals surface area contributed by atoms with Gasteiger partial charge in [0.1, 0.15) is 5.92 Å². The molecule has 2 nitrogen and oxygen atoms in total. The zero-order valence-electron chi connectivity index (χ0n) is 13.0. The highest BCUT2D eigenvalue weighted by Gasteiger charge is 2.36. The van der Waals surface area contributed by atoms with Gasteiger partial charge in [-0.1, -0.05) is 54.7 Å². The third-order valence-corrected chi connectivity index (χ3v) is 6.09.